The van der Waals surface area contributed by atoms with Crippen molar-refractivity contribution in [2.24, 2.45) is 17.3 Å². The summed E-state index contributed by atoms with van der Waals surface area (Å²) in [4.78, 5) is 28.6. The molecule has 334 valence electrons. The molecule has 2 rings (SSSR count). The minimum Gasteiger partial charge on any atom is -0.464 e. The summed E-state index contributed by atoms with van der Waals surface area (Å²) < 4.78 is 11.6. The van der Waals surface area contributed by atoms with Crippen LogP contribution in [0.2, 0.25) is 0 Å². The van der Waals surface area contributed by atoms with E-state index in [-0.39, 0.29) is 23.3 Å². The Hall–Kier alpha value is -0.720. The number of esters is 1. The molecule has 0 aliphatic carbocycles. The lowest BCUT2D eigenvalue weighted by atomic mass is 9.40. The van der Waals surface area contributed by atoms with Gasteiger partial charge in [-0.05, 0) is 82.8 Å². The largest absolute Gasteiger partial charge is 0.464 e. The van der Waals surface area contributed by atoms with Gasteiger partial charge in [-0.15, -0.1) is 0 Å². The van der Waals surface area contributed by atoms with Crippen LogP contribution in [0, 0.1) is 17.3 Å². The fourth-order valence-electron chi connectivity index (χ4n) is 9.71. The van der Waals surface area contributed by atoms with E-state index in [1.165, 1.54) is 122 Å². The molecule has 2 heterocycles. The molecule has 0 saturated carbocycles. The molecule has 8 radical (unpaired) electrons. The summed E-state index contributed by atoms with van der Waals surface area (Å²) in [6.07, 6.45) is 35.7. The Morgan fingerprint density at radius 3 is 1.39 bits per heavy atom. The summed E-state index contributed by atoms with van der Waals surface area (Å²) in [6, 6.07) is 0.0247. The number of methoxy groups -OCH3 is 1. The average molecular weight is 817 g/mol. The molecular formula is C49H92B4N2O4. The molecule has 2 saturated heterocycles. The summed E-state index contributed by atoms with van der Waals surface area (Å²) >= 11 is 0. The number of carbonyl (C=O) groups is 2. The summed E-state index contributed by atoms with van der Waals surface area (Å²) in [6.45, 7) is 14.4. The standard InChI is InChI=1S/C33H60B4N2O3.C16H32O/c1-5-8-11-13-15-17-28(18-16-14-12-9-6-2)30(40)42-25-29(24-41-4)38-22-19-31(20-23-38)26-32(34,35)39(21-10-7-3)33(36,37)27-31;1-3-5-7-9-11-13-16(15-17)14-12-10-8-6-4-2/h28-29H,5-27H2,1-4H3;15-16H,3-14H2,1-2H3. The van der Waals surface area contributed by atoms with Crippen molar-refractivity contribution in [3.63, 3.8) is 0 Å². The van der Waals surface area contributed by atoms with Gasteiger partial charge in [0.15, 0.2) is 0 Å². The quantitative estimate of drug-likeness (QED) is 0.0279. The highest BCUT2D eigenvalue weighted by atomic mass is 16.5. The number of piperidine rings is 2. The smallest absolute Gasteiger partial charge is 0.308 e. The third-order valence-corrected chi connectivity index (χ3v) is 13.4. The van der Waals surface area contributed by atoms with Gasteiger partial charge in [0, 0.05) is 13.0 Å². The molecule has 1 unspecified atom stereocenters. The van der Waals surface area contributed by atoms with Gasteiger partial charge in [0.25, 0.3) is 0 Å². The third-order valence-electron chi connectivity index (χ3n) is 13.4. The summed E-state index contributed by atoms with van der Waals surface area (Å²) in [5, 5.41) is -2.05. The van der Waals surface area contributed by atoms with Gasteiger partial charge >= 0.3 is 5.97 Å². The average Bonchev–Trinajstić information content (AvgIpc) is 3.20. The Bertz CT molecular complexity index is 978. The lowest BCUT2D eigenvalue weighted by Crippen LogP contribution is -2.70. The highest BCUT2D eigenvalue weighted by molar-refractivity contribution is 6.44. The molecule has 0 aromatic carbocycles. The number of unbranched alkanes of at least 4 members (excludes halogenated alkanes) is 17. The van der Waals surface area contributed by atoms with Gasteiger partial charge < -0.3 is 19.2 Å². The minimum atomic E-state index is -1.03. The lowest BCUT2D eigenvalue weighted by molar-refractivity contribution is -0.152. The fraction of sp³-hybridized carbons (Fsp3) is 0.959. The number of aldehydes is 1. The van der Waals surface area contributed by atoms with E-state index in [2.05, 4.69) is 39.5 Å². The predicted octanol–water partition coefficient (Wildman–Crippen LogP) is 11.4. The minimum absolute atomic E-state index is 0.00317. The van der Waals surface area contributed by atoms with Crippen molar-refractivity contribution in [3.8, 4) is 0 Å². The van der Waals surface area contributed by atoms with Crippen molar-refractivity contribution in [2.75, 3.05) is 40.0 Å². The molecule has 10 heteroatoms. The number of nitrogens with zero attached hydrogens (tertiary/aromatic N) is 2. The number of likely N-dealkylation sites (tertiary alicyclic amines) is 2. The van der Waals surface area contributed by atoms with E-state index in [1.807, 2.05) is 4.90 Å². The first-order chi connectivity index (χ1) is 28.4. The number of ether oxygens (including phenoxy) is 2. The predicted molar refractivity (Wildman–Crippen MR) is 256 cm³/mol. The zero-order chi connectivity index (χ0) is 43.8. The maximum absolute atomic E-state index is 13.3. The van der Waals surface area contributed by atoms with E-state index in [1.54, 1.807) is 7.11 Å². The zero-order valence-corrected chi connectivity index (χ0v) is 39.9. The highest BCUT2D eigenvalue weighted by Crippen LogP contribution is 2.50. The van der Waals surface area contributed by atoms with E-state index in [0.717, 1.165) is 77.3 Å². The molecule has 1 atom stereocenters. The topological polar surface area (TPSA) is 59.1 Å². The number of hydrogen-bond acceptors (Lipinski definition) is 6. The molecule has 59 heavy (non-hydrogen) atoms. The Balaban J connectivity index is 0.000000859. The number of carbonyl (C=O) groups excluding carboxylic acids is 2. The van der Waals surface area contributed by atoms with Crippen LogP contribution in [0.15, 0.2) is 0 Å². The number of rotatable bonds is 34. The molecule has 0 aromatic rings. The van der Waals surface area contributed by atoms with Gasteiger partial charge in [-0.3, -0.25) is 9.69 Å². The van der Waals surface area contributed by atoms with Crippen LogP contribution in [-0.4, -0.2) is 110 Å². The molecule has 0 N–H and O–H groups in total. The highest BCUT2D eigenvalue weighted by Gasteiger charge is 2.51. The van der Waals surface area contributed by atoms with Crippen LogP contribution in [0.3, 0.4) is 0 Å². The Morgan fingerprint density at radius 2 is 1.00 bits per heavy atom. The van der Waals surface area contributed by atoms with Crippen LogP contribution < -0.4 is 0 Å². The van der Waals surface area contributed by atoms with E-state index in [9.17, 15) is 9.59 Å². The van der Waals surface area contributed by atoms with Gasteiger partial charge in [0.05, 0.1) is 50.0 Å². The molecule has 0 amide bonds. The van der Waals surface area contributed by atoms with Crippen LogP contribution in [0.5, 0.6) is 0 Å². The molecule has 1 spiro atoms. The maximum atomic E-state index is 13.3. The Labute approximate surface area is 372 Å². The van der Waals surface area contributed by atoms with Crippen LogP contribution in [0.1, 0.15) is 227 Å². The summed E-state index contributed by atoms with van der Waals surface area (Å²) in [5.74, 6) is 0.323. The SMILES string of the molecule is CCCCCCCC(C=O)CCCCCCC.[B]C1([B])CC2(CCN(C(COC)COC(=O)C(CCCCCCC)CCCCCCC)CC2)CC([B])([B])N1CCCC. The van der Waals surface area contributed by atoms with E-state index < -0.39 is 10.7 Å². The molecular weight excluding hydrogens is 724 g/mol. The molecule has 0 aromatic heterocycles. The van der Waals surface area contributed by atoms with Crippen molar-refractivity contribution < 1.29 is 19.1 Å². The molecule has 2 fully saturated rings. The second kappa shape index (κ2) is 33.8. The fourth-order valence-corrected chi connectivity index (χ4v) is 9.71. The molecule has 0 bridgehead atoms. The molecule has 2 aliphatic rings. The van der Waals surface area contributed by atoms with Gasteiger partial charge in [-0.1, -0.05) is 180 Å². The van der Waals surface area contributed by atoms with Crippen molar-refractivity contribution in [3.05, 3.63) is 0 Å². The van der Waals surface area contributed by atoms with Crippen molar-refractivity contribution in [2.45, 2.75) is 244 Å². The molecule has 6 nitrogen and oxygen atoms in total. The van der Waals surface area contributed by atoms with Crippen molar-refractivity contribution in [1.82, 2.24) is 9.80 Å². The Morgan fingerprint density at radius 1 is 0.593 bits per heavy atom. The monoisotopic (exact) mass is 817 g/mol. The van der Waals surface area contributed by atoms with Crippen LogP contribution in [0.25, 0.3) is 0 Å². The van der Waals surface area contributed by atoms with Crippen LogP contribution >= 0.6 is 0 Å². The lowest BCUT2D eigenvalue weighted by Gasteiger charge is -2.63. The van der Waals surface area contributed by atoms with Crippen molar-refractivity contribution in [1.29, 1.82) is 0 Å². The van der Waals surface area contributed by atoms with Crippen molar-refractivity contribution >= 4 is 43.6 Å². The Kier molecular flexibility index (Phi) is 32.2. The molecule has 2 aliphatic heterocycles. The third kappa shape index (κ3) is 24.1. The zero-order valence-electron chi connectivity index (χ0n) is 39.9. The van der Waals surface area contributed by atoms with Gasteiger partial charge in [-0.2, -0.15) is 0 Å². The van der Waals surface area contributed by atoms with E-state index in [4.69, 9.17) is 40.9 Å². The first kappa shape index (κ1) is 56.3. The number of hydrogen-bond donors (Lipinski definition) is 0. The second-order valence-electron chi connectivity index (χ2n) is 19.0. The van der Waals surface area contributed by atoms with Gasteiger partial charge in [-0.25, -0.2) is 0 Å². The van der Waals surface area contributed by atoms with Gasteiger partial charge in [0.1, 0.15) is 12.9 Å². The first-order valence-electron chi connectivity index (χ1n) is 25.2. The summed E-state index contributed by atoms with van der Waals surface area (Å²) in [7, 11) is 28.4. The van der Waals surface area contributed by atoms with E-state index in [0.29, 0.717) is 38.5 Å². The van der Waals surface area contributed by atoms with Gasteiger partial charge in [0.2, 0.25) is 0 Å². The van der Waals surface area contributed by atoms with Crippen LogP contribution in [-0.2, 0) is 19.1 Å². The maximum Gasteiger partial charge on any atom is 0.308 e. The van der Waals surface area contributed by atoms with E-state index >= 15 is 0 Å². The normalized spacial score (nSPS) is 18.2. The summed E-state index contributed by atoms with van der Waals surface area (Å²) in [5.41, 5.74) is -0.0961. The van der Waals surface area contributed by atoms with Crippen LogP contribution in [0.4, 0.5) is 0 Å². The second-order valence-corrected chi connectivity index (χ2v) is 19.0. The first-order valence-corrected chi connectivity index (χ1v) is 25.2.